The molecule has 2 heterocycles. The van der Waals surface area contributed by atoms with Gasteiger partial charge >= 0.3 is 11.9 Å². The summed E-state index contributed by atoms with van der Waals surface area (Å²) in [7, 11) is 0. The van der Waals surface area contributed by atoms with Crippen LogP contribution in [-0.4, -0.2) is 50.1 Å². The second-order valence-electron chi connectivity index (χ2n) is 6.83. The Kier molecular flexibility index (Phi) is 5.96. The van der Waals surface area contributed by atoms with E-state index in [1.807, 2.05) is 0 Å². The number of rotatable bonds is 6. The zero-order valence-electron chi connectivity index (χ0n) is 16.1. The normalized spacial score (nSPS) is 21.9. The van der Waals surface area contributed by atoms with E-state index in [0.717, 1.165) is 0 Å². The van der Waals surface area contributed by atoms with Crippen molar-refractivity contribution in [3.8, 4) is 0 Å². The molecule has 3 rings (SSSR count). The largest absolute Gasteiger partial charge is 0.466 e. The molecule has 0 aromatic heterocycles. The minimum absolute atomic E-state index is 0.108. The third-order valence-electron chi connectivity index (χ3n) is 4.94. The number of esters is 2. The van der Waals surface area contributed by atoms with Crippen molar-refractivity contribution >= 4 is 35.1 Å². The second kappa shape index (κ2) is 8.41. The summed E-state index contributed by atoms with van der Waals surface area (Å²) in [6.07, 6.45) is 0.216. The Morgan fingerprint density at radius 1 is 0.893 bits per heavy atom. The Balaban J connectivity index is 1.74. The second-order valence-corrected chi connectivity index (χ2v) is 6.83. The number of amides is 2. The predicted octanol–water partition coefficient (Wildman–Crippen LogP) is 1.52. The molecule has 8 heteroatoms. The monoisotopic (exact) mass is 388 g/mol. The Hall–Kier alpha value is -2.90. The van der Waals surface area contributed by atoms with Crippen LogP contribution < -0.4 is 9.80 Å². The third kappa shape index (κ3) is 4.00. The topological polar surface area (TPSA) is 93.2 Å². The first-order chi connectivity index (χ1) is 13.4. The fourth-order valence-corrected chi connectivity index (χ4v) is 3.58. The van der Waals surface area contributed by atoms with Gasteiger partial charge in [-0.15, -0.1) is 0 Å². The molecule has 2 amide bonds. The number of ether oxygens (including phenoxy) is 2. The van der Waals surface area contributed by atoms with Crippen LogP contribution >= 0.6 is 0 Å². The smallest absolute Gasteiger partial charge is 0.311 e. The van der Waals surface area contributed by atoms with Gasteiger partial charge in [-0.25, -0.2) is 0 Å². The fourth-order valence-electron chi connectivity index (χ4n) is 3.58. The van der Waals surface area contributed by atoms with E-state index < -0.39 is 11.8 Å². The standard InChI is InChI=1S/C20H24N2O6/c1-3-27-19(25)13-8-17(23)21(11-13)15-6-5-7-16(10-15)22-12-14(9-18(22)24)20(26)28-4-2/h5-7,10,13-14H,3-4,8-9,11-12H2,1-2H3/t13-,14+. The van der Waals surface area contributed by atoms with Crippen LogP contribution in [0.3, 0.4) is 0 Å². The highest BCUT2D eigenvalue weighted by Crippen LogP contribution is 2.32. The van der Waals surface area contributed by atoms with Gasteiger partial charge in [0.1, 0.15) is 0 Å². The molecule has 28 heavy (non-hydrogen) atoms. The van der Waals surface area contributed by atoms with Gasteiger partial charge in [-0.2, -0.15) is 0 Å². The summed E-state index contributed by atoms with van der Waals surface area (Å²) in [5.41, 5.74) is 1.23. The van der Waals surface area contributed by atoms with Crippen molar-refractivity contribution in [1.82, 2.24) is 0 Å². The van der Waals surface area contributed by atoms with Gasteiger partial charge in [0.15, 0.2) is 0 Å². The molecule has 0 unspecified atom stereocenters. The van der Waals surface area contributed by atoms with Crippen LogP contribution in [0, 0.1) is 11.8 Å². The Labute approximate surface area is 163 Å². The van der Waals surface area contributed by atoms with Crippen LogP contribution in [0.15, 0.2) is 24.3 Å². The number of carbonyl (C=O) groups excluding carboxylic acids is 4. The molecule has 2 saturated heterocycles. The van der Waals surface area contributed by atoms with Gasteiger partial charge < -0.3 is 19.3 Å². The van der Waals surface area contributed by atoms with Crippen molar-refractivity contribution in [2.45, 2.75) is 26.7 Å². The van der Waals surface area contributed by atoms with Crippen molar-refractivity contribution in [2.24, 2.45) is 11.8 Å². The molecule has 0 N–H and O–H groups in total. The molecule has 1 aromatic rings. The SMILES string of the molecule is CCOC(=O)[C@@H]1CC(=O)N(c2cccc(N3C[C@@H](C(=O)OCC)CC3=O)c2)C1. The lowest BCUT2D eigenvalue weighted by Crippen LogP contribution is -2.28. The minimum atomic E-state index is -0.488. The van der Waals surface area contributed by atoms with E-state index in [0.29, 0.717) is 11.4 Å². The molecule has 8 nitrogen and oxygen atoms in total. The van der Waals surface area contributed by atoms with E-state index in [2.05, 4.69) is 0 Å². The number of carbonyl (C=O) groups is 4. The molecule has 150 valence electrons. The summed E-state index contributed by atoms with van der Waals surface area (Å²) in [4.78, 5) is 51.7. The number of hydrogen-bond acceptors (Lipinski definition) is 6. The lowest BCUT2D eigenvalue weighted by molar-refractivity contribution is -0.148. The average molecular weight is 388 g/mol. The number of hydrogen-bond donors (Lipinski definition) is 0. The molecule has 1 aromatic carbocycles. The van der Waals surface area contributed by atoms with Gasteiger partial charge in [-0.3, -0.25) is 19.2 Å². The van der Waals surface area contributed by atoms with Crippen molar-refractivity contribution in [3.05, 3.63) is 24.3 Å². The zero-order valence-corrected chi connectivity index (χ0v) is 16.1. The highest BCUT2D eigenvalue weighted by Gasteiger charge is 2.38. The van der Waals surface area contributed by atoms with Gasteiger partial charge in [-0.05, 0) is 32.0 Å². The highest BCUT2D eigenvalue weighted by atomic mass is 16.5. The van der Waals surface area contributed by atoms with Crippen molar-refractivity contribution in [1.29, 1.82) is 0 Å². The summed E-state index contributed by atoms with van der Waals surface area (Å²) < 4.78 is 10.0. The number of nitrogens with zero attached hydrogens (tertiary/aromatic N) is 2. The Morgan fingerprint density at radius 3 is 1.71 bits per heavy atom. The van der Waals surface area contributed by atoms with Gasteiger partial charge in [0.25, 0.3) is 0 Å². The maximum atomic E-state index is 12.4. The van der Waals surface area contributed by atoms with E-state index in [1.54, 1.807) is 38.1 Å². The molecule has 2 aliphatic heterocycles. The minimum Gasteiger partial charge on any atom is -0.466 e. The van der Waals surface area contributed by atoms with Crippen LogP contribution in [0.1, 0.15) is 26.7 Å². The molecule has 2 fully saturated rings. The van der Waals surface area contributed by atoms with Crippen LogP contribution in [0.2, 0.25) is 0 Å². The number of benzene rings is 1. The van der Waals surface area contributed by atoms with Gasteiger partial charge in [0, 0.05) is 37.3 Å². The van der Waals surface area contributed by atoms with Gasteiger partial charge in [0.2, 0.25) is 11.8 Å². The first-order valence-electron chi connectivity index (χ1n) is 9.48. The molecule has 2 atom stereocenters. The van der Waals surface area contributed by atoms with Crippen LogP contribution in [0.4, 0.5) is 11.4 Å². The average Bonchev–Trinajstić information content (AvgIpc) is 3.25. The molecule has 0 spiro atoms. The van der Waals surface area contributed by atoms with Gasteiger partial charge in [-0.1, -0.05) is 6.07 Å². The van der Waals surface area contributed by atoms with Crippen LogP contribution in [0.5, 0.6) is 0 Å². The van der Waals surface area contributed by atoms with Gasteiger partial charge in [0.05, 0.1) is 25.0 Å². The Morgan fingerprint density at radius 2 is 1.32 bits per heavy atom. The number of anilines is 2. The molecular formula is C20H24N2O6. The summed E-state index contributed by atoms with van der Waals surface area (Å²) in [5, 5.41) is 0. The van der Waals surface area contributed by atoms with Crippen molar-refractivity contribution in [3.63, 3.8) is 0 Å². The van der Waals surface area contributed by atoms with E-state index in [9.17, 15) is 19.2 Å². The predicted molar refractivity (Wildman–Crippen MR) is 101 cm³/mol. The van der Waals surface area contributed by atoms with Crippen molar-refractivity contribution in [2.75, 3.05) is 36.1 Å². The summed E-state index contributed by atoms with van der Waals surface area (Å²) in [6, 6.07) is 7.01. The summed E-state index contributed by atoms with van der Waals surface area (Å²) >= 11 is 0. The summed E-state index contributed by atoms with van der Waals surface area (Å²) in [5.74, 6) is -2.04. The van der Waals surface area contributed by atoms with E-state index in [4.69, 9.17) is 9.47 Å². The van der Waals surface area contributed by atoms with E-state index in [-0.39, 0.29) is 62.9 Å². The Bertz CT molecular complexity index is 731. The zero-order chi connectivity index (χ0) is 20.3. The maximum absolute atomic E-state index is 12.4. The lowest BCUT2D eigenvalue weighted by atomic mass is 10.1. The van der Waals surface area contributed by atoms with E-state index >= 15 is 0 Å². The molecule has 2 aliphatic rings. The highest BCUT2D eigenvalue weighted by molar-refractivity contribution is 6.02. The van der Waals surface area contributed by atoms with E-state index in [1.165, 1.54) is 9.80 Å². The first-order valence-corrected chi connectivity index (χ1v) is 9.48. The van der Waals surface area contributed by atoms with Crippen LogP contribution in [-0.2, 0) is 28.7 Å². The fraction of sp³-hybridized carbons (Fsp3) is 0.500. The first kappa shape index (κ1) is 19.9. The quantitative estimate of drug-likeness (QED) is 0.686. The third-order valence-corrected chi connectivity index (χ3v) is 4.94. The van der Waals surface area contributed by atoms with Crippen LogP contribution in [0.25, 0.3) is 0 Å². The molecule has 0 saturated carbocycles. The molecule has 0 radical (unpaired) electrons. The maximum Gasteiger partial charge on any atom is 0.311 e. The summed E-state index contributed by atoms with van der Waals surface area (Å²) in [6.45, 7) is 4.51. The lowest BCUT2D eigenvalue weighted by Gasteiger charge is -2.21. The molecular weight excluding hydrogens is 364 g/mol. The molecule has 0 aliphatic carbocycles. The van der Waals surface area contributed by atoms with Crippen molar-refractivity contribution < 1.29 is 28.7 Å². The molecule has 0 bridgehead atoms.